The number of aryl methyl sites for hydroxylation is 2. The van der Waals surface area contributed by atoms with E-state index in [1.165, 1.54) is 0 Å². The van der Waals surface area contributed by atoms with Crippen molar-refractivity contribution in [1.82, 2.24) is 4.90 Å². The Labute approximate surface area is 142 Å². The normalized spacial score (nSPS) is 18.0. The third-order valence-corrected chi connectivity index (χ3v) is 4.62. The van der Waals surface area contributed by atoms with Crippen molar-refractivity contribution in [2.24, 2.45) is 0 Å². The van der Waals surface area contributed by atoms with Gasteiger partial charge in [-0.2, -0.15) is 0 Å². The molecule has 1 fully saturated rings. The molecule has 0 N–H and O–H groups in total. The summed E-state index contributed by atoms with van der Waals surface area (Å²) in [5, 5.41) is 0. The van der Waals surface area contributed by atoms with Gasteiger partial charge < -0.3 is 9.80 Å². The number of nitrogens with zero attached hydrogens (tertiary/aromatic N) is 2. The predicted octanol–water partition coefficient (Wildman–Crippen LogP) is 3.18. The molecular weight excluding hydrogens is 300 g/mol. The van der Waals surface area contributed by atoms with Gasteiger partial charge in [-0.1, -0.05) is 35.9 Å². The molecule has 124 valence electrons. The lowest BCUT2D eigenvalue weighted by atomic mass is 10.1. The average molecular weight is 322 g/mol. The highest BCUT2D eigenvalue weighted by molar-refractivity contribution is 6.03. The van der Waals surface area contributed by atoms with Gasteiger partial charge >= 0.3 is 0 Å². The fraction of sp³-hybridized carbons (Fsp3) is 0.300. The summed E-state index contributed by atoms with van der Waals surface area (Å²) in [6, 6.07) is 14.9. The van der Waals surface area contributed by atoms with Gasteiger partial charge in [0.1, 0.15) is 6.04 Å². The maximum atomic E-state index is 12.8. The summed E-state index contributed by atoms with van der Waals surface area (Å²) in [7, 11) is 0. The van der Waals surface area contributed by atoms with E-state index >= 15 is 0 Å². The molecule has 4 heteroatoms. The summed E-state index contributed by atoms with van der Waals surface area (Å²) >= 11 is 0. The van der Waals surface area contributed by atoms with Crippen LogP contribution in [0.1, 0.15) is 28.4 Å². The van der Waals surface area contributed by atoms with Crippen LogP contribution in [0.15, 0.2) is 48.5 Å². The van der Waals surface area contributed by atoms with Crippen LogP contribution in [0.2, 0.25) is 0 Å². The Kier molecular flexibility index (Phi) is 4.38. The molecule has 0 unspecified atom stereocenters. The predicted molar refractivity (Wildman–Crippen MR) is 95.2 cm³/mol. The number of para-hydroxylation sites is 1. The summed E-state index contributed by atoms with van der Waals surface area (Å²) in [4.78, 5) is 29.0. The van der Waals surface area contributed by atoms with Crippen LogP contribution < -0.4 is 4.90 Å². The smallest absolute Gasteiger partial charge is 0.254 e. The summed E-state index contributed by atoms with van der Waals surface area (Å²) in [5.74, 6) is -0.115. The summed E-state index contributed by atoms with van der Waals surface area (Å²) in [6.45, 7) is 6.84. The first-order valence-corrected chi connectivity index (χ1v) is 8.23. The lowest BCUT2D eigenvalue weighted by Crippen LogP contribution is -2.57. The minimum absolute atomic E-state index is 0.0315. The van der Waals surface area contributed by atoms with Gasteiger partial charge in [0.2, 0.25) is 5.91 Å². The Bertz CT molecular complexity index is 767. The maximum absolute atomic E-state index is 12.8. The van der Waals surface area contributed by atoms with Crippen molar-refractivity contribution in [3.8, 4) is 0 Å². The molecule has 1 atom stereocenters. The largest absolute Gasteiger partial charge is 0.325 e. The van der Waals surface area contributed by atoms with Crippen LogP contribution in [0.3, 0.4) is 0 Å². The van der Waals surface area contributed by atoms with Crippen LogP contribution in [-0.4, -0.2) is 35.8 Å². The molecule has 1 aliphatic heterocycles. The third-order valence-electron chi connectivity index (χ3n) is 4.62. The van der Waals surface area contributed by atoms with Gasteiger partial charge in [-0.25, -0.2) is 0 Å². The molecule has 0 aromatic heterocycles. The van der Waals surface area contributed by atoms with Crippen molar-refractivity contribution in [1.29, 1.82) is 0 Å². The maximum Gasteiger partial charge on any atom is 0.254 e. The lowest BCUT2D eigenvalue weighted by Gasteiger charge is -2.39. The Morgan fingerprint density at radius 2 is 1.67 bits per heavy atom. The van der Waals surface area contributed by atoms with Crippen molar-refractivity contribution >= 4 is 17.5 Å². The van der Waals surface area contributed by atoms with E-state index in [9.17, 15) is 9.59 Å². The molecule has 2 aromatic rings. The zero-order valence-corrected chi connectivity index (χ0v) is 14.3. The van der Waals surface area contributed by atoms with E-state index in [0.717, 1.165) is 16.8 Å². The van der Waals surface area contributed by atoms with Gasteiger partial charge in [0.05, 0.1) is 0 Å². The summed E-state index contributed by atoms with van der Waals surface area (Å²) in [6.07, 6.45) is 0. The monoisotopic (exact) mass is 322 g/mol. The van der Waals surface area contributed by atoms with E-state index in [4.69, 9.17) is 0 Å². The van der Waals surface area contributed by atoms with Crippen LogP contribution in [0.25, 0.3) is 0 Å². The lowest BCUT2D eigenvalue weighted by molar-refractivity contribution is -0.124. The van der Waals surface area contributed by atoms with Crippen molar-refractivity contribution in [2.75, 3.05) is 18.0 Å². The fourth-order valence-corrected chi connectivity index (χ4v) is 3.12. The van der Waals surface area contributed by atoms with E-state index in [-0.39, 0.29) is 11.8 Å². The number of rotatable bonds is 2. The molecule has 4 nitrogen and oxygen atoms in total. The minimum Gasteiger partial charge on any atom is -0.325 e. The van der Waals surface area contributed by atoms with E-state index in [0.29, 0.717) is 18.7 Å². The number of hydrogen-bond donors (Lipinski definition) is 0. The van der Waals surface area contributed by atoms with E-state index in [2.05, 4.69) is 0 Å². The first kappa shape index (κ1) is 16.2. The molecule has 0 aliphatic carbocycles. The van der Waals surface area contributed by atoms with Crippen molar-refractivity contribution in [3.63, 3.8) is 0 Å². The first-order chi connectivity index (χ1) is 11.5. The van der Waals surface area contributed by atoms with Crippen LogP contribution in [0.5, 0.6) is 0 Å². The molecule has 0 spiro atoms. The van der Waals surface area contributed by atoms with Gasteiger partial charge in [0, 0.05) is 24.3 Å². The number of hydrogen-bond acceptors (Lipinski definition) is 2. The van der Waals surface area contributed by atoms with Gasteiger partial charge in [-0.15, -0.1) is 0 Å². The van der Waals surface area contributed by atoms with Crippen molar-refractivity contribution < 1.29 is 9.59 Å². The Balaban J connectivity index is 1.81. The van der Waals surface area contributed by atoms with Crippen LogP contribution in [-0.2, 0) is 4.79 Å². The molecule has 2 aromatic carbocycles. The quantitative estimate of drug-likeness (QED) is 0.852. The molecule has 1 heterocycles. The molecule has 3 rings (SSSR count). The number of carbonyl (C=O) groups excluding carboxylic acids is 2. The van der Waals surface area contributed by atoms with Crippen LogP contribution >= 0.6 is 0 Å². The summed E-state index contributed by atoms with van der Waals surface area (Å²) in [5.41, 5.74) is 3.73. The van der Waals surface area contributed by atoms with Gasteiger partial charge in [0.25, 0.3) is 5.91 Å². The summed E-state index contributed by atoms with van der Waals surface area (Å²) < 4.78 is 0. The zero-order valence-electron chi connectivity index (χ0n) is 14.3. The number of anilines is 1. The zero-order chi connectivity index (χ0) is 17.3. The highest BCUT2D eigenvalue weighted by atomic mass is 16.2. The van der Waals surface area contributed by atoms with E-state index in [1.807, 2.05) is 62.4 Å². The Morgan fingerprint density at radius 3 is 2.33 bits per heavy atom. The second-order valence-electron chi connectivity index (χ2n) is 6.32. The molecule has 1 aliphatic rings. The first-order valence-electron chi connectivity index (χ1n) is 8.23. The standard InChI is InChI=1S/C20H22N2O2/c1-14-8-10-17(11-9-14)20(24)21-12-13-22(19(23)16(21)3)18-7-5-4-6-15(18)2/h4-11,16H,12-13H2,1-3H3/t16-/m0/s1. The fourth-order valence-electron chi connectivity index (χ4n) is 3.12. The van der Waals surface area contributed by atoms with E-state index < -0.39 is 6.04 Å². The van der Waals surface area contributed by atoms with E-state index in [1.54, 1.807) is 16.7 Å². The van der Waals surface area contributed by atoms with Crippen molar-refractivity contribution in [3.05, 3.63) is 65.2 Å². The second kappa shape index (κ2) is 6.48. The Morgan fingerprint density at radius 1 is 1.00 bits per heavy atom. The number of amides is 2. The average Bonchev–Trinajstić information content (AvgIpc) is 2.58. The number of piperazine rings is 1. The molecule has 2 amide bonds. The highest BCUT2D eigenvalue weighted by Gasteiger charge is 2.35. The number of carbonyl (C=O) groups is 2. The molecule has 0 saturated carbocycles. The molecule has 0 radical (unpaired) electrons. The second-order valence-corrected chi connectivity index (χ2v) is 6.32. The van der Waals surface area contributed by atoms with Crippen LogP contribution in [0.4, 0.5) is 5.69 Å². The minimum atomic E-state index is -0.466. The third kappa shape index (κ3) is 2.92. The van der Waals surface area contributed by atoms with Gasteiger partial charge in [-0.05, 0) is 44.5 Å². The van der Waals surface area contributed by atoms with Gasteiger partial charge in [-0.3, -0.25) is 9.59 Å². The molecule has 0 bridgehead atoms. The molecule has 24 heavy (non-hydrogen) atoms. The highest BCUT2D eigenvalue weighted by Crippen LogP contribution is 2.24. The van der Waals surface area contributed by atoms with Gasteiger partial charge in [0.15, 0.2) is 0 Å². The Hall–Kier alpha value is -2.62. The number of benzene rings is 2. The van der Waals surface area contributed by atoms with Crippen molar-refractivity contribution in [2.45, 2.75) is 26.8 Å². The molecular formula is C20H22N2O2. The SMILES string of the molecule is Cc1ccc(C(=O)N2CCN(c3ccccc3C)C(=O)[C@@H]2C)cc1. The topological polar surface area (TPSA) is 40.6 Å². The molecule has 1 saturated heterocycles. The van der Waals surface area contributed by atoms with Crippen LogP contribution in [0, 0.1) is 13.8 Å².